The van der Waals surface area contributed by atoms with Gasteiger partial charge in [0.25, 0.3) is 0 Å². The molecule has 172 valence electrons. The van der Waals surface area contributed by atoms with Crippen LogP contribution in [0.2, 0.25) is 0 Å². The van der Waals surface area contributed by atoms with Gasteiger partial charge in [-0.1, -0.05) is 19.9 Å². The number of nitrogens with one attached hydrogen (secondary N) is 1. The number of pyridine rings is 1. The maximum absolute atomic E-state index is 4.89. The first-order chi connectivity index (χ1) is 15.9. The summed E-state index contributed by atoms with van der Waals surface area (Å²) in [5, 5.41) is 3.39. The molecule has 2 aliphatic rings. The Morgan fingerprint density at radius 1 is 1.00 bits per heavy atom. The molecule has 1 fully saturated rings. The van der Waals surface area contributed by atoms with E-state index in [1.54, 1.807) is 0 Å². The highest BCUT2D eigenvalue weighted by atomic mass is 15.3. The average Bonchev–Trinajstić information content (AvgIpc) is 3.10. The molecule has 1 aromatic carbocycles. The zero-order chi connectivity index (χ0) is 23.0. The summed E-state index contributed by atoms with van der Waals surface area (Å²) in [6, 6.07) is 15.3. The molecule has 0 spiro atoms. The highest BCUT2D eigenvalue weighted by molar-refractivity contribution is 5.68. The first-order valence-electron chi connectivity index (χ1n) is 11.8. The molecule has 3 aromatic rings. The van der Waals surface area contributed by atoms with Crippen LogP contribution in [0, 0.1) is 0 Å². The molecule has 4 heterocycles. The summed E-state index contributed by atoms with van der Waals surface area (Å²) in [5.41, 5.74) is 3.38. The average molecular weight is 444 g/mol. The summed E-state index contributed by atoms with van der Waals surface area (Å²) < 4.78 is 0. The molecule has 5 rings (SSSR count). The summed E-state index contributed by atoms with van der Waals surface area (Å²) >= 11 is 0. The highest BCUT2D eigenvalue weighted by Gasteiger charge is 2.38. The van der Waals surface area contributed by atoms with Gasteiger partial charge in [0.1, 0.15) is 11.6 Å². The second-order valence-corrected chi connectivity index (χ2v) is 9.94. The second kappa shape index (κ2) is 8.63. The lowest BCUT2D eigenvalue weighted by Gasteiger charge is -2.36. The SMILES string of the molecule is CN(C)C1CCN(c2ccc(Nc3ncc4c(n3)N(c3ccccn3)CC4(C)C)cc2)CC1. The molecule has 0 aliphatic carbocycles. The molecular weight excluding hydrogens is 410 g/mol. The van der Waals surface area contributed by atoms with Crippen LogP contribution in [0.3, 0.4) is 0 Å². The van der Waals surface area contributed by atoms with E-state index in [2.05, 4.69) is 82.2 Å². The van der Waals surface area contributed by atoms with Gasteiger partial charge < -0.3 is 20.0 Å². The number of rotatable bonds is 5. The molecule has 7 nitrogen and oxygen atoms in total. The molecule has 1 saturated heterocycles. The minimum absolute atomic E-state index is 0.0347. The third kappa shape index (κ3) is 4.37. The van der Waals surface area contributed by atoms with E-state index in [0.717, 1.165) is 42.5 Å². The van der Waals surface area contributed by atoms with Crippen molar-refractivity contribution in [2.45, 2.75) is 38.1 Å². The topological polar surface area (TPSA) is 60.4 Å². The third-order valence-corrected chi connectivity index (χ3v) is 6.92. The van der Waals surface area contributed by atoms with Crippen LogP contribution in [0.25, 0.3) is 0 Å². The van der Waals surface area contributed by atoms with Gasteiger partial charge in [-0.25, -0.2) is 9.97 Å². The van der Waals surface area contributed by atoms with E-state index in [1.807, 2.05) is 30.6 Å². The van der Waals surface area contributed by atoms with Crippen molar-refractivity contribution >= 4 is 29.0 Å². The molecule has 0 saturated carbocycles. The zero-order valence-electron chi connectivity index (χ0n) is 20.0. The van der Waals surface area contributed by atoms with Gasteiger partial charge in [0.2, 0.25) is 5.95 Å². The Morgan fingerprint density at radius 3 is 2.42 bits per heavy atom. The largest absolute Gasteiger partial charge is 0.371 e. The van der Waals surface area contributed by atoms with Gasteiger partial charge in [-0.15, -0.1) is 0 Å². The van der Waals surface area contributed by atoms with Crippen LogP contribution < -0.4 is 15.1 Å². The minimum atomic E-state index is -0.0347. The number of aromatic nitrogens is 3. The minimum Gasteiger partial charge on any atom is -0.371 e. The highest BCUT2D eigenvalue weighted by Crippen LogP contribution is 2.42. The van der Waals surface area contributed by atoms with Crippen molar-refractivity contribution in [2.24, 2.45) is 0 Å². The van der Waals surface area contributed by atoms with Crippen molar-refractivity contribution < 1.29 is 0 Å². The summed E-state index contributed by atoms with van der Waals surface area (Å²) in [6.45, 7) is 7.48. The Bertz CT molecular complexity index is 1090. The predicted molar refractivity (Wildman–Crippen MR) is 135 cm³/mol. The fourth-order valence-corrected chi connectivity index (χ4v) is 4.90. The van der Waals surface area contributed by atoms with Crippen molar-refractivity contribution in [2.75, 3.05) is 48.8 Å². The zero-order valence-corrected chi connectivity index (χ0v) is 20.0. The van der Waals surface area contributed by atoms with E-state index in [9.17, 15) is 0 Å². The standard InChI is InChI=1S/C26H33N7/c1-26(2)18-33(23-7-5-6-14-27-23)24-22(26)17-28-25(30-24)29-19-8-10-21(11-9-19)32-15-12-20(13-16-32)31(3)4/h5-11,14,17,20H,12-13,15-16,18H2,1-4H3,(H,28,29,30). The molecule has 1 N–H and O–H groups in total. The van der Waals surface area contributed by atoms with Crippen LogP contribution in [0.1, 0.15) is 32.3 Å². The fraction of sp³-hybridized carbons (Fsp3) is 0.423. The molecule has 2 aromatic heterocycles. The van der Waals surface area contributed by atoms with Crippen molar-refractivity contribution in [3.63, 3.8) is 0 Å². The second-order valence-electron chi connectivity index (χ2n) is 9.94. The maximum atomic E-state index is 4.89. The van der Waals surface area contributed by atoms with Crippen LogP contribution >= 0.6 is 0 Å². The van der Waals surface area contributed by atoms with Crippen LogP contribution in [-0.2, 0) is 5.41 Å². The quantitative estimate of drug-likeness (QED) is 0.620. The number of nitrogens with zero attached hydrogens (tertiary/aromatic N) is 6. The number of anilines is 5. The Labute approximate surface area is 196 Å². The van der Waals surface area contributed by atoms with Crippen LogP contribution in [0.15, 0.2) is 54.9 Å². The van der Waals surface area contributed by atoms with Crippen molar-refractivity contribution in [3.05, 3.63) is 60.4 Å². The Morgan fingerprint density at radius 2 is 1.76 bits per heavy atom. The van der Waals surface area contributed by atoms with E-state index in [1.165, 1.54) is 18.5 Å². The van der Waals surface area contributed by atoms with Crippen LogP contribution in [-0.4, -0.2) is 59.6 Å². The fourth-order valence-electron chi connectivity index (χ4n) is 4.90. The van der Waals surface area contributed by atoms with E-state index < -0.39 is 0 Å². The molecular formula is C26H33N7. The van der Waals surface area contributed by atoms with Crippen molar-refractivity contribution in [1.29, 1.82) is 0 Å². The van der Waals surface area contributed by atoms with Gasteiger partial charge in [-0.3, -0.25) is 0 Å². The number of benzene rings is 1. The number of piperidine rings is 1. The summed E-state index contributed by atoms with van der Waals surface area (Å²) in [4.78, 5) is 21.1. The molecule has 0 atom stereocenters. The van der Waals surface area contributed by atoms with Crippen molar-refractivity contribution in [3.8, 4) is 0 Å². The molecule has 7 heteroatoms. The lowest BCUT2D eigenvalue weighted by Crippen LogP contribution is -2.41. The number of fused-ring (bicyclic) bond motifs is 1. The predicted octanol–water partition coefficient (Wildman–Crippen LogP) is 4.57. The monoisotopic (exact) mass is 443 g/mol. The van der Waals surface area contributed by atoms with E-state index in [-0.39, 0.29) is 5.41 Å². The van der Waals surface area contributed by atoms with E-state index >= 15 is 0 Å². The first kappa shape index (κ1) is 21.6. The Hall–Kier alpha value is -3.19. The van der Waals surface area contributed by atoms with Crippen molar-refractivity contribution in [1.82, 2.24) is 19.9 Å². The lowest BCUT2D eigenvalue weighted by molar-refractivity contribution is 0.249. The molecule has 0 unspecified atom stereocenters. The summed E-state index contributed by atoms with van der Waals surface area (Å²) in [5.74, 6) is 2.44. The molecule has 0 bridgehead atoms. The summed E-state index contributed by atoms with van der Waals surface area (Å²) in [6.07, 6.45) is 6.19. The van der Waals surface area contributed by atoms with Gasteiger partial charge in [0.05, 0.1) is 0 Å². The lowest BCUT2D eigenvalue weighted by atomic mass is 9.89. The van der Waals surface area contributed by atoms with Gasteiger partial charge in [-0.2, -0.15) is 4.98 Å². The number of hydrogen-bond acceptors (Lipinski definition) is 7. The van der Waals surface area contributed by atoms with Crippen LogP contribution in [0.5, 0.6) is 0 Å². The smallest absolute Gasteiger partial charge is 0.229 e. The van der Waals surface area contributed by atoms with Gasteiger partial charge in [0, 0.05) is 60.4 Å². The third-order valence-electron chi connectivity index (χ3n) is 6.92. The normalized spacial score (nSPS) is 18.0. The molecule has 0 radical (unpaired) electrons. The molecule has 0 amide bonds. The molecule has 2 aliphatic heterocycles. The Kier molecular flexibility index (Phi) is 5.66. The van der Waals surface area contributed by atoms with Crippen LogP contribution in [0.4, 0.5) is 29.0 Å². The maximum Gasteiger partial charge on any atom is 0.229 e. The molecule has 33 heavy (non-hydrogen) atoms. The van der Waals surface area contributed by atoms with Gasteiger partial charge >= 0.3 is 0 Å². The van der Waals surface area contributed by atoms with Gasteiger partial charge in [0.15, 0.2) is 0 Å². The van der Waals surface area contributed by atoms with E-state index in [0.29, 0.717) is 12.0 Å². The Balaban J connectivity index is 1.32. The number of hydrogen-bond donors (Lipinski definition) is 1. The summed E-state index contributed by atoms with van der Waals surface area (Å²) in [7, 11) is 4.36. The first-order valence-corrected chi connectivity index (χ1v) is 11.8. The van der Waals surface area contributed by atoms with Gasteiger partial charge in [-0.05, 0) is 63.3 Å². The van der Waals surface area contributed by atoms with E-state index in [4.69, 9.17) is 4.98 Å².